The molecule has 0 aliphatic rings. The van der Waals surface area contributed by atoms with Crippen molar-refractivity contribution in [1.29, 1.82) is 0 Å². The molecule has 0 rings (SSSR count). The lowest BCUT2D eigenvalue weighted by atomic mass is 10.6. The van der Waals surface area contributed by atoms with Crippen LogP contribution in [0.3, 0.4) is 0 Å². The van der Waals surface area contributed by atoms with Gasteiger partial charge in [0.15, 0.2) is 5.75 Å². The van der Waals surface area contributed by atoms with Gasteiger partial charge >= 0.3 is 5.97 Å². The van der Waals surface area contributed by atoms with Gasteiger partial charge in [-0.1, -0.05) is 0 Å². The number of nitrogens with one attached hydrogen (secondary N) is 2. The second-order valence-electron chi connectivity index (χ2n) is 2.82. The molecule has 0 radical (unpaired) electrons. The van der Waals surface area contributed by atoms with Gasteiger partial charge in [0.1, 0.15) is 0 Å². The van der Waals surface area contributed by atoms with E-state index in [9.17, 15) is 18.0 Å². The van der Waals surface area contributed by atoms with Crippen LogP contribution in [0, 0.1) is 0 Å². The molecule has 94 valence electrons. The predicted molar refractivity (Wildman–Crippen MR) is 54.3 cm³/mol. The molecule has 0 bridgehead atoms. The highest BCUT2D eigenvalue weighted by Gasteiger charge is 2.16. The van der Waals surface area contributed by atoms with E-state index < -0.39 is 34.2 Å². The van der Waals surface area contributed by atoms with E-state index in [1.807, 2.05) is 4.72 Å². The van der Waals surface area contributed by atoms with Crippen molar-refractivity contribution in [3.8, 4) is 0 Å². The van der Waals surface area contributed by atoms with Gasteiger partial charge in [-0.3, -0.25) is 9.59 Å². The molecule has 8 nitrogen and oxygen atoms in total. The lowest BCUT2D eigenvalue weighted by Gasteiger charge is -2.05. The zero-order valence-electron chi connectivity index (χ0n) is 8.73. The maximum atomic E-state index is 11.0. The van der Waals surface area contributed by atoms with Gasteiger partial charge < -0.3 is 15.2 Å². The van der Waals surface area contributed by atoms with Crippen molar-refractivity contribution in [3.63, 3.8) is 0 Å². The van der Waals surface area contributed by atoms with E-state index in [2.05, 4.69) is 10.1 Å². The monoisotopic (exact) mass is 254 g/mol. The average molecular weight is 254 g/mol. The van der Waals surface area contributed by atoms with Crippen LogP contribution >= 0.6 is 0 Å². The molecule has 0 atom stereocenters. The highest BCUT2D eigenvalue weighted by Crippen LogP contribution is 1.83. The van der Waals surface area contributed by atoms with Crippen LogP contribution in [0.5, 0.6) is 0 Å². The van der Waals surface area contributed by atoms with Crippen molar-refractivity contribution < 1.29 is 27.9 Å². The molecule has 0 saturated heterocycles. The minimum absolute atomic E-state index is 0.260. The number of amides is 1. The molecular weight excluding hydrogens is 240 g/mol. The van der Waals surface area contributed by atoms with Crippen LogP contribution in [-0.4, -0.2) is 58.0 Å². The van der Waals surface area contributed by atoms with Crippen molar-refractivity contribution in [3.05, 3.63) is 0 Å². The molecule has 0 aromatic heterocycles. The lowest BCUT2D eigenvalue weighted by molar-refractivity contribution is -0.134. The molecule has 0 heterocycles. The third kappa shape index (κ3) is 8.15. The fourth-order valence-electron chi connectivity index (χ4n) is 0.744. The van der Waals surface area contributed by atoms with Crippen LogP contribution in [0.1, 0.15) is 0 Å². The molecule has 1 amide bonds. The first-order chi connectivity index (χ1) is 7.37. The minimum Gasteiger partial charge on any atom is -0.480 e. The third-order valence-electron chi connectivity index (χ3n) is 1.39. The normalized spacial score (nSPS) is 11.1. The number of rotatable bonds is 8. The first-order valence-electron chi connectivity index (χ1n) is 4.32. The third-order valence-corrected chi connectivity index (χ3v) is 2.61. The molecule has 0 saturated carbocycles. The molecule has 9 heteroatoms. The minimum atomic E-state index is -3.95. The van der Waals surface area contributed by atoms with Crippen LogP contribution in [0.2, 0.25) is 0 Å². The van der Waals surface area contributed by atoms with Crippen molar-refractivity contribution in [2.45, 2.75) is 0 Å². The van der Waals surface area contributed by atoms with Crippen molar-refractivity contribution >= 4 is 21.9 Å². The second kappa shape index (κ2) is 7.14. The van der Waals surface area contributed by atoms with Crippen molar-refractivity contribution in [1.82, 2.24) is 10.0 Å². The molecule has 3 N–H and O–H groups in total. The number of sulfonamides is 1. The fourth-order valence-corrected chi connectivity index (χ4v) is 1.52. The number of hydrogen-bond acceptors (Lipinski definition) is 5. The van der Waals surface area contributed by atoms with Crippen LogP contribution in [-0.2, 0) is 24.3 Å². The largest absolute Gasteiger partial charge is 0.480 e. The van der Waals surface area contributed by atoms with Crippen molar-refractivity contribution in [2.75, 3.05) is 32.6 Å². The summed E-state index contributed by atoms with van der Waals surface area (Å²) >= 11 is 0. The molecule has 0 aliphatic heterocycles. The number of methoxy groups -OCH3 is 1. The van der Waals surface area contributed by atoms with Gasteiger partial charge in [-0.2, -0.15) is 0 Å². The van der Waals surface area contributed by atoms with Crippen LogP contribution in [0.4, 0.5) is 0 Å². The summed E-state index contributed by atoms with van der Waals surface area (Å²) in [5.74, 6) is -3.09. The Balaban J connectivity index is 3.87. The van der Waals surface area contributed by atoms with Crippen LogP contribution in [0.15, 0.2) is 0 Å². The number of aliphatic carboxylic acids is 1. The van der Waals surface area contributed by atoms with Gasteiger partial charge in [-0.25, -0.2) is 13.1 Å². The van der Waals surface area contributed by atoms with Crippen LogP contribution in [0.25, 0.3) is 0 Å². The Kier molecular flexibility index (Phi) is 6.61. The van der Waals surface area contributed by atoms with Gasteiger partial charge in [0.2, 0.25) is 15.9 Å². The van der Waals surface area contributed by atoms with Gasteiger partial charge in [0, 0.05) is 13.7 Å². The number of ether oxygens (including phenoxy) is 1. The first-order valence-corrected chi connectivity index (χ1v) is 5.97. The molecule has 0 spiro atoms. The van der Waals surface area contributed by atoms with E-state index >= 15 is 0 Å². The van der Waals surface area contributed by atoms with Gasteiger partial charge in [0.05, 0.1) is 13.2 Å². The number of carboxylic acids is 1. The molecule has 0 fully saturated rings. The predicted octanol–water partition coefficient (Wildman–Crippen LogP) is -2.25. The van der Waals surface area contributed by atoms with Crippen molar-refractivity contribution in [2.24, 2.45) is 0 Å². The number of carbonyl (C=O) groups excluding carboxylic acids is 1. The number of hydrogen-bond donors (Lipinski definition) is 3. The Hall–Kier alpha value is -1.19. The first kappa shape index (κ1) is 14.8. The van der Waals surface area contributed by atoms with E-state index in [0.717, 1.165) is 0 Å². The smallest absolute Gasteiger partial charge is 0.320 e. The van der Waals surface area contributed by atoms with Gasteiger partial charge in [-0.15, -0.1) is 0 Å². The van der Waals surface area contributed by atoms with Gasteiger partial charge in [0.25, 0.3) is 0 Å². The Bertz CT molecular complexity index is 339. The molecule has 0 aromatic carbocycles. The zero-order chi connectivity index (χ0) is 12.6. The summed E-state index contributed by atoms with van der Waals surface area (Å²) in [6.45, 7) is 0.0862. The molecular formula is C7H14N2O6S. The van der Waals surface area contributed by atoms with E-state index in [-0.39, 0.29) is 6.54 Å². The highest BCUT2D eigenvalue weighted by molar-refractivity contribution is 7.90. The quantitative estimate of drug-likeness (QED) is 0.421. The van der Waals surface area contributed by atoms with Gasteiger partial charge in [-0.05, 0) is 0 Å². The summed E-state index contributed by atoms with van der Waals surface area (Å²) < 4.78 is 28.5. The molecule has 0 aliphatic carbocycles. The standard InChI is InChI=1S/C7H14N2O6S/c1-15-3-2-8-6(10)4-9-16(13,14)5-7(11)12/h9H,2-5H2,1H3,(H,8,10)(H,11,12). The molecule has 0 aromatic rings. The molecule has 16 heavy (non-hydrogen) atoms. The Morgan fingerprint density at radius 1 is 1.38 bits per heavy atom. The summed E-state index contributed by atoms with van der Waals surface area (Å²) in [4.78, 5) is 21.1. The Labute approximate surface area is 93.0 Å². The molecule has 0 unspecified atom stereocenters. The average Bonchev–Trinajstić information content (AvgIpc) is 2.13. The Morgan fingerprint density at radius 3 is 2.50 bits per heavy atom. The summed E-state index contributed by atoms with van der Waals surface area (Å²) in [6.07, 6.45) is 0. The fraction of sp³-hybridized carbons (Fsp3) is 0.714. The lowest BCUT2D eigenvalue weighted by Crippen LogP contribution is -2.39. The summed E-state index contributed by atoms with van der Waals surface area (Å²) in [7, 11) is -2.49. The SMILES string of the molecule is COCCNC(=O)CNS(=O)(=O)CC(=O)O. The zero-order valence-corrected chi connectivity index (χ0v) is 9.54. The topological polar surface area (TPSA) is 122 Å². The van der Waals surface area contributed by atoms with Crippen LogP contribution < -0.4 is 10.0 Å². The summed E-state index contributed by atoms with van der Waals surface area (Å²) in [5.41, 5.74) is 0. The van der Waals surface area contributed by atoms with E-state index in [0.29, 0.717) is 6.61 Å². The number of carbonyl (C=O) groups is 2. The van der Waals surface area contributed by atoms with E-state index in [4.69, 9.17) is 5.11 Å². The summed E-state index contributed by atoms with van der Waals surface area (Å²) in [5, 5.41) is 10.6. The van der Waals surface area contributed by atoms with E-state index in [1.165, 1.54) is 7.11 Å². The van der Waals surface area contributed by atoms with E-state index in [1.54, 1.807) is 0 Å². The maximum Gasteiger partial charge on any atom is 0.320 e. The Morgan fingerprint density at radius 2 is 2.00 bits per heavy atom. The second-order valence-corrected chi connectivity index (χ2v) is 4.62. The summed E-state index contributed by atoms with van der Waals surface area (Å²) in [6, 6.07) is 0. The number of carboxylic acid groups (broad SMARTS) is 1. The highest BCUT2D eigenvalue weighted by atomic mass is 32.2. The maximum absolute atomic E-state index is 11.0.